The Morgan fingerprint density at radius 2 is 1.64 bits per heavy atom. The molecular weight excluding hydrogens is 286 g/mol. The van der Waals surface area contributed by atoms with Gasteiger partial charge in [-0.15, -0.1) is 0 Å². The molecule has 0 aromatic carbocycles. The Morgan fingerprint density at radius 3 is 2.00 bits per heavy atom. The highest BCUT2D eigenvalue weighted by Gasteiger charge is 2.53. The molecule has 1 saturated heterocycles. The largest absolute Gasteiger partial charge is 0.465 e. The zero-order valence-electron chi connectivity index (χ0n) is 14.6. The van der Waals surface area contributed by atoms with Gasteiger partial charge in [0.1, 0.15) is 5.60 Å². The monoisotopic (exact) mass is 315 g/mol. The highest BCUT2D eigenvalue weighted by Crippen LogP contribution is 2.42. The fraction of sp³-hybridized carbons (Fsp3) is 0.875. The van der Waals surface area contributed by atoms with Crippen LogP contribution in [-0.2, 0) is 14.3 Å². The van der Waals surface area contributed by atoms with Gasteiger partial charge in [0.05, 0.1) is 17.6 Å². The standard InChI is InChI=1S/C16H29NO5/c1-7-21-12(18)16(15(5,6)20)8-10-17(11-9-16)13(19)22-14(2,3)4/h20H,7-11H2,1-6H3. The summed E-state index contributed by atoms with van der Waals surface area (Å²) >= 11 is 0. The molecule has 0 aromatic rings. The first-order chi connectivity index (χ1) is 9.93. The molecule has 1 fully saturated rings. The van der Waals surface area contributed by atoms with Gasteiger partial charge >= 0.3 is 12.1 Å². The molecule has 0 radical (unpaired) electrons. The van der Waals surface area contributed by atoms with Gasteiger partial charge in [-0.1, -0.05) is 0 Å². The fourth-order valence-electron chi connectivity index (χ4n) is 2.73. The molecule has 6 heteroatoms. The third-order valence-corrected chi connectivity index (χ3v) is 4.11. The predicted octanol–water partition coefficient (Wildman–Crippen LogP) is 2.34. The Morgan fingerprint density at radius 1 is 1.14 bits per heavy atom. The molecule has 0 unspecified atom stereocenters. The second-order valence-corrected chi connectivity index (χ2v) is 7.33. The van der Waals surface area contributed by atoms with Gasteiger partial charge in [-0.2, -0.15) is 0 Å². The van der Waals surface area contributed by atoms with E-state index in [0.29, 0.717) is 25.9 Å². The average Bonchev–Trinajstić information content (AvgIpc) is 2.35. The number of likely N-dealkylation sites (tertiary alicyclic amines) is 1. The van der Waals surface area contributed by atoms with Gasteiger partial charge < -0.3 is 19.5 Å². The van der Waals surface area contributed by atoms with Crippen molar-refractivity contribution in [1.29, 1.82) is 0 Å². The summed E-state index contributed by atoms with van der Waals surface area (Å²) in [5.74, 6) is -0.397. The molecule has 0 spiro atoms. The number of aliphatic hydroxyl groups is 1. The van der Waals surface area contributed by atoms with Crippen molar-refractivity contribution < 1.29 is 24.2 Å². The van der Waals surface area contributed by atoms with Crippen molar-refractivity contribution >= 4 is 12.1 Å². The Kier molecular flexibility index (Phi) is 5.49. The van der Waals surface area contributed by atoms with Crippen molar-refractivity contribution in [2.45, 2.75) is 65.6 Å². The van der Waals surface area contributed by atoms with Crippen LogP contribution < -0.4 is 0 Å². The number of hydrogen-bond donors (Lipinski definition) is 1. The topological polar surface area (TPSA) is 76.1 Å². The maximum absolute atomic E-state index is 12.4. The summed E-state index contributed by atoms with van der Waals surface area (Å²) in [5, 5.41) is 10.5. The second kappa shape index (κ2) is 6.44. The average molecular weight is 315 g/mol. The minimum absolute atomic E-state index is 0.270. The number of piperidine rings is 1. The lowest BCUT2D eigenvalue weighted by atomic mass is 9.67. The summed E-state index contributed by atoms with van der Waals surface area (Å²) in [4.78, 5) is 26.0. The van der Waals surface area contributed by atoms with Crippen molar-refractivity contribution in [1.82, 2.24) is 4.90 Å². The number of ether oxygens (including phenoxy) is 2. The molecule has 1 rings (SSSR count). The minimum atomic E-state index is -1.21. The zero-order chi connectivity index (χ0) is 17.2. The Bertz CT molecular complexity index is 411. The molecule has 0 bridgehead atoms. The SMILES string of the molecule is CCOC(=O)C1(C(C)(C)O)CCN(C(=O)OC(C)(C)C)CC1. The van der Waals surface area contributed by atoms with E-state index in [-0.39, 0.29) is 12.7 Å². The predicted molar refractivity (Wildman–Crippen MR) is 82.4 cm³/mol. The van der Waals surface area contributed by atoms with Crippen LogP contribution in [-0.4, -0.2) is 53.0 Å². The van der Waals surface area contributed by atoms with Crippen LogP contribution in [0.1, 0.15) is 54.4 Å². The van der Waals surface area contributed by atoms with E-state index in [1.807, 2.05) is 20.8 Å². The lowest BCUT2D eigenvalue weighted by Gasteiger charge is -2.46. The number of nitrogens with zero attached hydrogens (tertiary/aromatic N) is 1. The summed E-state index contributed by atoms with van der Waals surface area (Å²) in [5.41, 5.74) is -2.75. The second-order valence-electron chi connectivity index (χ2n) is 7.33. The van der Waals surface area contributed by atoms with E-state index in [2.05, 4.69) is 0 Å². The van der Waals surface area contributed by atoms with Gasteiger partial charge in [-0.25, -0.2) is 4.79 Å². The summed E-state index contributed by atoms with van der Waals surface area (Å²) in [6, 6.07) is 0. The Balaban J connectivity index is 2.82. The highest BCUT2D eigenvalue weighted by molar-refractivity contribution is 5.79. The Hall–Kier alpha value is -1.30. The molecule has 1 amide bonds. The van der Waals surface area contributed by atoms with E-state index < -0.39 is 22.6 Å². The minimum Gasteiger partial charge on any atom is -0.465 e. The zero-order valence-corrected chi connectivity index (χ0v) is 14.6. The van der Waals surface area contributed by atoms with Crippen molar-refractivity contribution in [3.63, 3.8) is 0 Å². The van der Waals surface area contributed by atoms with Gasteiger partial charge in [-0.05, 0) is 54.4 Å². The number of carbonyl (C=O) groups is 2. The van der Waals surface area contributed by atoms with Crippen LogP contribution in [0.15, 0.2) is 0 Å². The van der Waals surface area contributed by atoms with Crippen LogP contribution in [0.4, 0.5) is 4.79 Å². The van der Waals surface area contributed by atoms with E-state index in [4.69, 9.17) is 9.47 Å². The molecule has 128 valence electrons. The first kappa shape index (κ1) is 18.7. The molecule has 6 nitrogen and oxygen atoms in total. The molecule has 0 saturated carbocycles. The number of rotatable bonds is 3. The molecule has 22 heavy (non-hydrogen) atoms. The lowest BCUT2D eigenvalue weighted by Crippen LogP contribution is -2.57. The van der Waals surface area contributed by atoms with Gasteiger partial charge in [0, 0.05) is 13.1 Å². The third-order valence-electron chi connectivity index (χ3n) is 4.11. The molecule has 0 atom stereocenters. The van der Waals surface area contributed by atoms with Crippen LogP contribution in [0, 0.1) is 5.41 Å². The molecule has 0 aliphatic carbocycles. The van der Waals surface area contributed by atoms with Gasteiger partial charge in [0.2, 0.25) is 0 Å². The molecule has 1 heterocycles. The van der Waals surface area contributed by atoms with E-state index in [9.17, 15) is 14.7 Å². The van der Waals surface area contributed by atoms with Crippen molar-refractivity contribution in [2.24, 2.45) is 5.41 Å². The van der Waals surface area contributed by atoms with Gasteiger partial charge in [0.25, 0.3) is 0 Å². The number of hydrogen-bond acceptors (Lipinski definition) is 5. The van der Waals surface area contributed by atoms with Crippen molar-refractivity contribution in [3.8, 4) is 0 Å². The summed E-state index contributed by atoms with van der Waals surface area (Å²) in [7, 11) is 0. The van der Waals surface area contributed by atoms with Crippen molar-refractivity contribution in [2.75, 3.05) is 19.7 Å². The van der Waals surface area contributed by atoms with Crippen LogP contribution in [0.2, 0.25) is 0 Å². The maximum atomic E-state index is 12.4. The van der Waals surface area contributed by atoms with E-state index in [1.54, 1.807) is 25.7 Å². The quantitative estimate of drug-likeness (QED) is 0.809. The summed E-state index contributed by atoms with van der Waals surface area (Å²) in [6.45, 7) is 11.4. The first-order valence-corrected chi connectivity index (χ1v) is 7.80. The van der Waals surface area contributed by atoms with Crippen molar-refractivity contribution in [3.05, 3.63) is 0 Å². The van der Waals surface area contributed by atoms with Crippen LogP contribution in [0.25, 0.3) is 0 Å². The molecule has 0 aromatic heterocycles. The normalized spacial score (nSPS) is 18.8. The number of esters is 1. The van der Waals surface area contributed by atoms with Crippen LogP contribution >= 0.6 is 0 Å². The van der Waals surface area contributed by atoms with Gasteiger partial charge in [-0.3, -0.25) is 4.79 Å². The highest BCUT2D eigenvalue weighted by atomic mass is 16.6. The molecule has 1 aliphatic rings. The van der Waals surface area contributed by atoms with Crippen LogP contribution in [0.3, 0.4) is 0 Å². The van der Waals surface area contributed by atoms with Gasteiger partial charge in [0.15, 0.2) is 0 Å². The molecular formula is C16H29NO5. The third kappa shape index (κ3) is 4.12. The molecule has 1 aliphatic heterocycles. The number of carbonyl (C=O) groups excluding carboxylic acids is 2. The summed E-state index contributed by atoms with van der Waals surface area (Å²) in [6.07, 6.45) is 0.323. The smallest absolute Gasteiger partial charge is 0.410 e. The maximum Gasteiger partial charge on any atom is 0.410 e. The van der Waals surface area contributed by atoms with E-state index in [1.165, 1.54) is 0 Å². The van der Waals surface area contributed by atoms with Crippen LogP contribution in [0.5, 0.6) is 0 Å². The lowest BCUT2D eigenvalue weighted by molar-refractivity contribution is -0.178. The number of amides is 1. The Labute approximate surface area is 132 Å². The van der Waals surface area contributed by atoms with E-state index in [0.717, 1.165) is 0 Å². The summed E-state index contributed by atoms with van der Waals surface area (Å²) < 4.78 is 10.5. The van der Waals surface area contributed by atoms with E-state index >= 15 is 0 Å². The first-order valence-electron chi connectivity index (χ1n) is 7.80. The molecule has 1 N–H and O–H groups in total. The fourth-order valence-corrected chi connectivity index (χ4v) is 2.73.